The molecule has 5 nitrogen and oxygen atoms in total. The number of halogens is 2. The van der Waals surface area contributed by atoms with Crippen LogP contribution >= 0.6 is 7.82 Å². The highest BCUT2D eigenvalue weighted by Gasteiger charge is 2.22. The predicted octanol–water partition coefficient (Wildman–Crippen LogP) is 0.0643. The van der Waals surface area contributed by atoms with Gasteiger partial charge in [0.05, 0.1) is 0 Å². The lowest BCUT2D eigenvalue weighted by Crippen LogP contribution is -1.75. The molecule has 0 bridgehead atoms. The summed E-state index contributed by atoms with van der Waals surface area (Å²) < 4.78 is 34.3. The average molecular weight is 152 g/mol. The number of hydrogen-bond donors (Lipinski definition) is 1. The Morgan fingerprint density at radius 3 is 1.62 bits per heavy atom. The zero-order valence-corrected chi connectivity index (χ0v) is 4.27. The van der Waals surface area contributed by atoms with Crippen LogP contribution in [-0.4, -0.2) is 10.4 Å². The van der Waals surface area contributed by atoms with Crippen LogP contribution in [0, 0.1) is 0 Å². The summed E-state index contributed by atoms with van der Waals surface area (Å²) >= 11 is 0. The molecule has 3 N–H and O–H groups in total. The maximum Gasteiger partial charge on any atom is 0.534 e. The minimum absolute atomic E-state index is 0. The van der Waals surface area contributed by atoms with Gasteiger partial charge in [0, 0.05) is 0 Å². The topological polar surface area (TPSA) is 87.3 Å². The van der Waals surface area contributed by atoms with Crippen LogP contribution in [0.1, 0.15) is 0 Å². The first kappa shape index (κ1) is 10.8. The van der Waals surface area contributed by atoms with E-state index in [1.807, 2.05) is 0 Å². The summed E-state index contributed by atoms with van der Waals surface area (Å²) in [6, 6.07) is 0. The van der Waals surface area contributed by atoms with E-state index in [1.54, 1.807) is 0 Å². The molecule has 0 atom stereocenters. The molecule has 0 amide bonds. The summed E-state index contributed by atoms with van der Waals surface area (Å²) in [5, 5.41) is 0. The van der Waals surface area contributed by atoms with Gasteiger partial charge in [0.25, 0.3) is 0 Å². The van der Waals surface area contributed by atoms with Gasteiger partial charge in [0.15, 0.2) is 0 Å². The molecular weight excluding hydrogens is 149 g/mol. The Morgan fingerprint density at radius 2 is 1.62 bits per heavy atom. The maximum absolute atomic E-state index is 10.4. The van der Waals surface area contributed by atoms with E-state index in [4.69, 9.17) is 4.89 Å². The second-order valence-corrected chi connectivity index (χ2v) is 1.82. The largest absolute Gasteiger partial charge is 0.534 e. The molecule has 0 unspecified atom stereocenters. The standard InChI is InChI=1S/F2HO4P.H2O/c1-5-7(3,4)6-2;/h(H,3,4);1H2. The van der Waals surface area contributed by atoms with E-state index >= 15 is 0 Å². The van der Waals surface area contributed by atoms with Crippen molar-refractivity contribution in [1.29, 1.82) is 0 Å². The molecule has 0 spiro atoms. The fourth-order valence-electron chi connectivity index (χ4n) is 0.0106. The fraction of sp³-hybridized carbons (Fsp3) is 0. The van der Waals surface area contributed by atoms with Gasteiger partial charge in [0.2, 0.25) is 0 Å². The molecule has 8 heavy (non-hydrogen) atoms. The first-order valence-electron chi connectivity index (χ1n) is 1.06. The molecule has 0 aromatic heterocycles. The van der Waals surface area contributed by atoms with E-state index in [1.165, 1.54) is 0 Å². The first-order valence-corrected chi connectivity index (χ1v) is 2.55. The van der Waals surface area contributed by atoms with Crippen LogP contribution in [0.3, 0.4) is 0 Å². The lowest BCUT2D eigenvalue weighted by Gasteiger charge is -1.91. The van der Waals surface area contributed by atoms with Crippen LogP contribution in [0.2, 0.25) is 0 Å². The van der Waals surface area contributed by atoms with Crippen LogP contribution < -0.4 is 0 Å². The van der Waals surface area contributed by atoms with E-state index in [-0.39, 0.29) is 5.48 Å². The van der Waals surface area contributed by atoms with Crippen molar-refractivity contribution >= 4 is 7.82 Å². The lowest BCUT2D eigenvalue weighted by molar-refractivity contribution is -0.110. The van der Waals surface area contributed by atoms with Gasteiger partial charge in [-0.2, -0.15) is 0 Å². The van der Waals surface area contributed by atoms with Gasteiger partial charge < -0.3 is 5.48 Å². The predicted molar refractivity (Wildman–Crippen MR) is 17.8 cm³/mol. The number of rotatable bonds is 2. The highest BCUT2D eigenvalue weighted by molar-refractivity contribution is 7.47. The summed E-state index contributed by atoms with van der Waals surface area (Å²) in [7, 11) is -4.99. The summed E-state index contributed by atoms with van der Waals surface area (Å²) in [4.78, 5) is 7.49. The van der Waals surface area contributed by atoms with Gasteiger partial charge in [-0.15, -0.1) is 0 Å². The van der Waals surface area contributed by atoms with Gasteiger partial charge >= 0.3 is 7.82 Å². The SMILES string of the molecule is O.O=P(O)(OF)OF. The Labute approximate surface area is 42.6 Å². The summed E-state index contributed by atoms with van der Waals surface area (Å²) in [6.07, 6.45) is 0. The average Bonchev–Trinajstić information content (AvgIpc) is 1.68. The molecule has 0 aromatic carbocycles. The monoisotopic (exact) mass is 152 g/mol. The molecule has 0 rings (SSSR count). The minimum Gasteiger partial charge on any atom is -0.412 e. The second kappa shape index (κ2) is 3.88. The van der Waals surface area contributed by atoms with Gasteiger partial charge in [-0.25, -0.2) is 4.57 Å². The number of phosphoric acid groups is 1. The van der Waals surface area contributed by atoms with Gasteiger partial charge in [-0.1, -0.05) is 9.46 Å². The highest BCUT2D eigenvalue weighted by Crippen LogP contribution is 2.43. The summed E-state index contributed by atoms with van der Waals surface area (Å²) in [6.45, 7) is 0. The Bertz CT molecular complexity index is 82.4. The van der Waals surface area contributed by atoms with Crippen LogP contribution in [0.25, 0.3) is 0 Å². The van der Waals surface area contributed by atoms with E-state index < -0.39 is 7.82 Å². The smallest absolute Gasteiger partial charge is 0.412 e. The molecule has 0 aliphatic heterocycles. The molecule has 0 aromatic rings. The molecule has 0 saturated carbocycles. The second-order valence-electron chi connectivity index (χ2n) is 0.607. The van der Waals surface area contributed by atoms with Crippen LogP contribution in [-0.2, 0) is 14.0 Å². The van der Waals surface area contributed by atoms with Gasteiger partial charge in [-0.3, -0.25) is 4.89 Å². The van der Waals surface area contributed by atoms with E-state index in [0.29, 0.717) is 0 Å². The quantitative estimate of drug-likeness (QED) is 0.566. The maximum atomic E-state index is 10.4. The molecule has 0 aliphatic rings. The van der Waals surface area contributed by atoms with Crippen LogP contribution in [0.15, 0.2) is 0 Å². The van der Waals surface area contributed by atoms with Crippen LogP contribution in [0.5, 0.6) is 0 Å². The third-order valence-corrected chi connectivity index (χ3v) is 0.523. The number of hydrogen-bond acceptors (Lipinski definition) is 3. The summed E-state index contributed by atoms with van der Waals surface area (Å²) in [5.41, 5.74) is 0. The molecule has 0 radical (unpaired) electrons. The van der Waals surface area contributed by atoms with Crippen LogP contribution in [0.4, 0.5) is 9.05 Å². The third-order valence-electron chi connectivity index (χ3n) is 0.174. The Balaban J connectivity index is 0. The zero-order valence-electron chi connectivity index (χ0n) is 3.38. The van der Waals surface area contributed by atoms with Crippen molar-refractivity contribution in [2.45, 2.75) is 0 Å². The van der Waals surface area contributed by atoms with E-state index in [9.17, 15) is 13.6 Å². The molecule has 52 valence electrons. The summed E-state index contributed by atoms with van der Waals surface area (Å²) in [5.74, 6) is 0. The Kier molecular flexibility index (Phi) is 5.25. The van der Waals surface area contributed by atoms with Crippen molar-refractivity contribution < 1.29 is 33.4 Å². The van der Waals surface area contributed by atoms with E-state index in [2.05, 4.69) is 9.46 Å². The molecular formula is H3F2O5P. The third kappa shape index (κ3) is 4.10. The van der Waals surface area contributed by atoms with Crippen molar-refractivity contribution in [1.82, 2.24) is 0 Å². The van der Waals surface area contributed by atoms with Crippen molar-refractivity contribution in [3.05, 3.63) is 0 Å². The van der Waals surface area contributed by atoms with E-state index in [0.717, 1.165) is 0 Å². The normalized spacial score (nSPS) is 10.4. The zero-order chi connectivity index (χ0) is 5.91. The highest BCUT2D eigenvalue weighted by atomic mass is 31.2. The Morgan fingerprint density at radius 1 is 1.38 bits per heavy atom. The molecule has 8 heteroatoms. The van der Waals surface area contributed by atoms with Crippen molar-refractivity contribution in [2.24, 2.45) is 0 Å². The fourth-order valence-corrected chi connectivity index (χ4v) is 0.0319. The first-order chi connectivity index (χ1) is 3.12. The molecule has 0 fully saturated rings. The van der Waals surface area contributed by atoms with Crippen molar-refractivity contribution in [3.63, 3.8) is 0 Å². The molecule has 0 heterocycles. The Hall–Kier alpha value is -0.0700. The van der Waals surface area contributed by atoms with Crippen molar-refractivity contribution in [3.8, 4) is 0 Å². The lowest BCUT2D eigenvalue weighted by atomic mass is 15.5. The van der Waals surface area contributed by atoms with Gasteiger partial charge in [-0.05, 0) is 9.05 Å². The van der Waals surface area contributed by atoms with Gasteiger partial charge in [0.1, 0.15) is 0 Å². The molecule has 0 aliphatic carbocycles. The molecule has 0 saturated heterocycles. The van der Waals surface area contributed by atoms with Crippen molar-refractivity contribution in [2.75, 3.05) is 0 Å². The minimum atomic E-state index is -4.99.